The van der Waals surface area contributed by atoms with E-state index >= 15 is 0 Å². The summed E-state index contributed by atoms with van der Waals surface area (Å²) in [6.07, 6.45) is 0. The number of thiazole rings is 1. The van der Waals surface area contributed by atoms with Crippen LogP contribution in [0.2, 0.25) is 5.02 Å². The van der Waals surface area contributed by atoms with Crippen molar-refractivity contribution in [2.24, 2.45) is 5.73 Å². The molecule has 0 bridgehead atoms. The molecule has 84 valence electrons. The van der Waals surface area contributed by atoms with E-state index in [-0.39, 0.29) is 6.04 Å². The highest BCUT2D eigenvalue weighted by atomic mass is 35.5. The summed E-state index contributed by atoms with van der Waals surface area (Å²) in [6, 6.07) is 5.92. The number of hydrogen-bond donors (Lipinski definition) is 1. The summed E-state index contributed by atoms with van der Waals surface area (Å²) >= 11 is 7.58. The molecule has 4 heteroatoms. The van der Waals surface area contributed by atoms with Crippen molar-refractivity contribution in [2.75, 3.05) is 0 Å². The Labute approximate surface area is 104 Å². The molecule has 0 aliphatic heterocycles. The molecule has 2 nitrogen and oxygen atoms in total. The van der Waals surface area contributed by atoms with Gasteiger partial charge in [0.05, 0.1) is 11.7 Å². The molecule has 0 aliphatic carbocycles. The molecule has 16 heavy (non-hydrogen) atoms. The molecule has 2 aromatic rings. The van der Waals surface area contributed by atoms with E-state index in [2.05, 4.69) is 4.98 Å². The molecule has 1 heterocycles. The minimum absolute atomic E-state index is 0.00727. The van der Waals surface area contributed by atoms with E-state index in [1.807, 2.05) is 37.4 Å². The van der Waals surface area contributed by atoms with E-state index in [4.69, 9.17) is 17.3 Å². The van der Waals surface area contributed by atoms with Crippen molar-refractivity contribution in [3.8, 4) is 11.3 Å². The number of nitrogens with two attached hydrogens (primary N) is 1. The molecule has 0 spiro atoms. The molecule has 0 amide bonds. The lowest BCUT2D eigenvalue weighted by atomic mass is 10.1. The summed E-state index contributed by atoms with van der Waals surface area (Å²) in [4.78, 5) is 4.50. The Kier molecular flexibility index (Phi) is 3.28. The molecule has 0 aliphatic rings. The molecule has 0 radical (unpaired) electrons. The second kappa shape index (κ2) is 4.53. The third kappa shape index (κ3) is 2.26. The molecule has 1 aromatic carbocycles. The standard InChI is InChI=1S/C12H13ClN2S/c1-7-5-9(3-4-10(7)13)11-6-16-12(15-11)8(2)14/h3-6,8H,14H2,1-2H3. The number of halogens is 1. The van der Waals surface area contributed by atoms with Crippen LogP contribution in [0.15, 0.2) is 23.6 Å². The zero-order chi connectivity index (χ0) is 11.7. The number of nitrogens with zero attached hydrogens (tertiary/aromatic N) is 1. The van der Waals surface area contributed by atoms with Crippen LogP contribution in [0.4, 0.5) is 0 Å². The first-order valence-electron chi connectivity index (χ1n) is 5.05. The van der Waals surface area contributed by atoms with Crippen LogP contribution in [-0.2, 0) is 0 Å². The fourth-order valence-electron chi connectivity index (χ4n) is 1.43. The minimum atomic E-state index is -0.00727. The van der Waals surface area contributed by atoms with Gasteiger partial charge in [-0.25, -0.2) is 4.98 Å². The molecule has 2 N–H and O–H groups in total. The Balaban J connectivity index is 2.39. The van der Waals surface area contributed by atoms with Crippen LogP contribution in [0.3, 0.4) is 0 Å². The topological polar surface area (TPSA) is 38.9 Å². The highest BCUT2D eigenvalue weighted by Crippen LogP contribution is 2.27. The highest BCUT2D eigenvalue weighted by Gasteiger charge is 2.08. The molecular weight excluding hydrogens is 240 g/mol. The fraction of sp³-hybridized carbons (Fsp3) is 0.250. The first-order chi connectivity index (χ1) is 7.58. The molecule has 0 fully saturated rings. The lowest BCUT2D eigenvalue weighted by molar-refractivity contribution is 0.808. The van der Waals surface area contributed by atoms with Crippen LogP contribution in [0, 0.1) is 6.92 Å². The molecule has 1 unspecified atom stereocenters. The molecule has 0 saturated carbocycles. The predicted molar refractivity (Wildman–Crippen MR) is 69.9 cm³/mol. The van der Waals surface area contributed by atoms with Crippen LogP contribution in [0.5, 0.6) is 0 Å². The van der Waals surface area contributed by atoms with Gasteiger partial charge in [-0.3, -0.25) is 0 Å². The van der Waals surface area contributed by atoms with E-state index in [1.54, 1.807) is 11.3 Å². The Hall–Kier alpha value is -0.900. The molecule has 1 atom stereocenters. The van der Waals surface area contributed by atoms with Crippen LogP contribution in [0.25, 0.3) is 11.3 Å². The van der Waals surface area contributed by atoms with Crippen molar-refractivity contribution in [1.82, 2.24) is 4.98 Å². The third-order valence-corrected chi connectivity index (χ3v) is 3.83. The van der Waals surface area contributed by atoms with Crippen LogP contribution >= 0.6 is 22.9 Å². The second-order valence-electron chi connectivity index (χ2n) is 3.82. The Bertz CT molecular complexity index is 505. The maximum Gasteiger partial charge on any atom is 0.110 e. The third-order valence-electron chi connectivity index (χ3n) is 2.37. The summed E-state index contributed by atoms with van der Waals surface area (Å²) in [5.41, 5.74) is 8.91. The minimum Gasteiger partial charge on any atom is -0.322 e. The lowest BCUT2D eigenvalue weighted by Crippen LogP contribution is -2.03. The number of hydrogen-bond acceptors (Lipinski definition) is 3. The second-order valence-corrected chi connectivity index (χ2v) is 5.12. The SMILES string of the molecule is Cc1cc(-c2csc(C(C)N)n2)ccc1Cl. The molecule has 1 aromatic heterocycles. The summed E-state index contributed by atoms with van der Waals surface area (Å²) in [6.45, 7) is 3.93. The van der Waals surface area contributed by atoms with Gasteiger partial charge >= 0.3 is 0 Å². The van der Waals surface area contributed by atoms with Crippen LogP contribution < -0.4 is 5.73 Å². The molecular formula is C12H13ClN2S. The first kappa shape index (κ1) is 11.6. The maximum atomic E-state index is 5.99. The largest absolute Gasteiger partial charge is 0.322 e. The zero-order valence-electron chi connectivity index (χ0n) is 9.20. The summed E-state index contributed by atoms with van der Waals surface area (Å²) < 4.78 is 0. The van der Waals surface area contributed by atoms with Crippen molar-refractivity contribution in [3.63, 3.8) is 0 Å². The van der Waals surface area contributed by atoms with Crippen molar-refractivity contribution in [1.29, 1.82) is 0 Å². The van der Waals surface area contributed by atoms with Gasteiger partial charge in [-0.2, -0.15) is 0 Å². The quantitative estimate of drug-likeness (QED) is 0.883. The predicted octanol–water partition coefficient (Wildman–Crippen LogP) is 3.79. The van der Waals surface area contributed by atoms with E-state index in [0.717, 1.165) is 26.9 Å². The Morgan fingerprint density at radius 1 is 1.44 bits per heavy atom. The molecule has 0 saturated heterocycles. The first-order valence-corrected chi connectivity index (χ1v) is 6.31. The van der Waals surface area contributed by atoms with Crippen LogP contribution in [-0.4, -0.2) is 4.98 Å². The van der Waals surface area contributed by atoms with Crippen molar-refractivity contribution in [3.05, 3.63) is 39.2 Å². The van der Waals surface area contributed by atoms with Gasteiger partial charge in [0.25, 0.3) is 0 Å². The average Bonchev–Trinajstić information content (AvgIpc) is 2.71. The van der Waals surface area contributed by atoms with Crippen molar-refractivity contribution < 1.29 is 0 Å². The highest BCUT2D eigenvalue weighted by molar-refractivity contribution is 7.10. The normalized spacial score (nSPS) is 12.8. The lowest BCUT2D eigenvalue weighted by Gasteiger charge is -2.01. The fourth-order valence-corrected chi connectivity index (χ4v) is 2.34. The number of rotatable bonds is 2. The van der Waals surface area contributed by atoms with Gasteiger partial charge in [-0.05, 0) is 31.5 Å². The summed E-state index contributed by atoms with van der Waals surface area (Å²) in [7, 11) is 0. The smallest absolute Gasteiger partial charge is 0.110 e. The van der Waals surface area contributed by atoms with Gasteiger partial charge in [0.2, 0.25) is 0 Å². The van der Waals surface area contributed by atoms with Gasteiger partial charge in [-0.1, -0.05) is 17.7 Å². The number of aryl methyl sites for hydroxylation is 1. The van der Waals surface area contributed by atoms with Gasteiger partial charge in [0.15, 0.2) is 0 Å². The van der Waals surface area contributed by atoms with Crippen molar-refractivity contribution >= 4 is 22.9 Å². The monoisotopic (exact) mass is 252 g/mol. The van der Waals surface area contributed by atoms with E-state index in [9.17, 15) is 0 Å². The van der Waals surface area contributed by atoms with Crippen molar-refractivity contribution in [2.45, 2.75) is 19.9 Å². The van der Waals surface area contributed by atoms with Gasteiger partial charge < -0.3 is 5.73 Å². The summed E-state index contributed by atoms with van der Waals surface area (Å²) in [5, 5.41) is 3.77. The van der Waals surface area contributed by atoms with Crippen LogP contribution in [0.1, 0.15) is 23.5 Å². The van der Waals surface area contributed by atoms with Gasteiger partial charge in [-0.15, -0.1) is 11.3 Å². The average molecular weight is 253 g/mol. The number of benzene rings is 1. The maximum absolute atomic E-state index is 5.99. The number of aromatic nitrogens is 1. The van der Waals surface area contributed by atoms with E-state index < -0.39 is 0 Å². The Morgan fingerprint density at radius 2 is 2.19 bits per heavy atom. The Morgan fingerprint density at radius 3 is 2.75 bits per heavy atom. The van der Waals surface area contributed by atoms with E-state index in [1.165, 1.54) is 0 Å². The molecule has 2 rings (SSSR count). The van der Waals surface area contributed by atoms with E-state index in [0.29, 0.717) is 0 Å². The summed E-state index contributed by atoms with van der Waals surface area (Å²) in [5.74, 6) is 0. The zero-order valence-corrected chi connectivity index (χ0v) is 10.8. The van der Waals surface area contributed by atoms with Gasteiger partial charge in [0.1, 0.15) is 5.01 Å². The van der Waals surface area contributed by atoms with Gasteiger partial charge in [0, 0.05) is 16.0 Å².